The third-order valence-corrected chi connectivity index (χ3v) is 2.77. The molecule has 5 heteroatoms. The molecule has 0 aliphatic carbocycles. The molecule has 1 aromatic heterocycles. The first-order valence-corrected chi connectivity index (χ1v) is 6.45. The Hall–Kier alpha value is -1.88. The Balaban J connectivity index is 2.06. The fraction of sp³-hybridized carbons (Fsp3) is 0.286. The predicted octanol–water partition coefficient (Wildman–Crippen LogP) is 3.25. The van der Waals surface area contributed by atoms with Crippen molar-refractivity contribution in [2.45, 2.75) is 26.3 Å². The zero-order valence-corrected chi connectivity index (χ0v) is 12.1. The second kappa shape index (κ2) is 5.40. The minimum Gasteiger partial charge on any atom is -0.332 e. The molecule has 2 N–H and O–H groups in total. The van der Waals surface area contributed by atoms with Gasteiger partial charge in [-0.05, 0) is 51.2 Å². The molecule has 0 saturated carbocycles. The minimum absolute atomic E-state index is 0.0455. The molecule has 0 unspecified atom stereocenters. The lowest BCUT2D eigenvalue weighted by atomic mass is 10.1. The van der Waals surface area contributed by atoms with Gasteiger partial charge in [-0.3, -0.25) is 0 Å². The van der Waals surface area contributed by atoms with Crippen LogP contribution < -0.4 is 10.6 Å². The summed E-state index contributed by atoms with van der Waals surface area (Å²) >= 11 is 5.28. The molecule has 0 saturated heterocycles. The first kappa shape index (κ1) is 13.5. The smallest absolute Gasteiger partial charge is 0.209 e. The van der Waals surface area contributed by atoms with E-state index in [1.165, 1.54) is 0 Å². The second-order valence-electron chi connectivity index (χ2n) is 5.16. The lowest BCUT2D eigenvalue weighted by molar-refractivity contribution is 0.402. The van der Waals surface area contributed by atoms with Crippen LogP contribution in [-0.4, -0.2) is 14.7 Å². The Morgan fingerprint density at radius 1 is 1.26 bits per heavy atom. The van der Waals surface area contributed by atoms with Crippen molar-refractivity contribution in [2.75, 3.05) is 10.6 Å². The highest BCUT2D eigenvalue weighted by Crippen LogP contribution is 2.19. The zero-order chi connectivity index (χ0) is 13.9. The zero-order valence-electron chi connectivity index (χ0n) is 11.3. The first-order valence-electron chi connectivity index (χ1n) is 6.05. The lowest BCUT2D eigenvalue weighted by Crippen LogP contribution is -2.27. The highest BCUT2D eigenvalue weighted by atomic mass is 32.1. The van der Waals surface area contributed by atoms with E-state index in [2.05, 4.69) is 42.5 Å². The summed E-state index contributed by atoms with van der Waals surface area (Å²) in [6.07, 6.45) is 3.69. The van der Waals surface area contributed by atoms with E-state index in [9.17, 15) is 0 Å². The van der Waals surface area contributed by atoms with Crippen LogP contribution in [0.4, 0.5) is 11.6 Å². The van der Waals surface area contributed by atoms with Gasteiger partial charge in [0.1, 0.15) is 0 Å². The van der Waals surface area contributed by atoms with Crippen molar-refractivity contribution in [1.29, 1.82) is 0 Å². The van der Waals surface area contributed by atoms with Crippen molar-refractivity contribution in [3.8, 4) is 0 Å². The van der Waals surface area contributed by atoms with Gasteiger partial charge >= 0.3 is 0 Å². The summed E-state index contributed by atoms with van der Waals surface area (Å²) in [6.45, 7) is 6.34. The van der Waals surface area contributed by atoms with Crippen molar-refractivity contribution in [1.82, 2.24) is 9.55 Å². The molecule has 0 amide bonds. The van der Waals surface area contributed by atoms with Crippen LogP contribution in [0.25, 0.3) is 0 Å². The number of nitrogens with one attached hydrogen (secondary N) is 2. The molecule has 4 nitrogen and oxygen atoms in total. The Labute approximate surface area is 118 Å². The summed E-state index contributed by atoms with van der Waals surface area (Å²) in [7, 11) is 0. The molecule has 1 aromatic carbocycles. The van der Waals surface area contributed by atoms with Gasteiger partial charge in [-0.25, -0.2) is 4.98 Å². The van der Waals surface area contributed by atoms with E-state index in [4.69, 9.17) is 12.2 Å². The molecule has 0 aliphatic rings. The summed E-state index contributed by atoms with van der Waals surface area (Å²) in [4.78, 5) is 4.28. The van der Waals surface area contributed by atoms with Crippen molar-refractivity contribution < 1.29 is 0 Å². The Morgan fingerprint density at radius 3 is 2.58 bits per heavy atom. The monoisotopic (exact) mass is 273 g/mol. The number of hydrogen-bond donors (Lipinski definition) is 2. The SMILES string of the molecule is CC(C)(C)n1ccnc1NC(=S)Nc1cc[c]cc1. The minimum atomic E-state index is -0.0455. The van der Waals surface area contributed by atoms with Gasteiger partial charge in [0.15, 0.2) is 5.11 Å². The molecular weight excluding hydrogens is 256 g/mol. The second-order valence-corrected chi connectivity index (χ2v) is 5.57. The van der Waals surface area contributed by atoms with E-state index in [-0.39, 0.29) is 5.54 Å². The number of anilines is 2. The molecule has 0 bridgehead atoms. The van der Waals surface area contributed by atoms with E-state index in [0.29, 0.717) is 5.11 Å². The molecular formula is C14H17N4S. The molecule has 0 aliphatic heterocycles. The Bertz CT molecular complexity index is 554. The summed E-state index contributed by atoms with van der Waals surface area (Å²) in [6, 6.07) is 10.4. The van der Waals surface area contributed by atoms with Crippen LogP contribution in [0.15, 0.2) is 36.7 Å². The van der Waals surface area contributed by atoms with E-state index in [1.54, 1.807) is 6.20 Å². The molecule has 99 valence electrons. The van der Waals surface area contributed by atoms with Crippen molar-refractivity contribution >= 4 is 29.0 Å². The number of nitrogens with zero attached hydrogens (tertiary/aromatic N) is 2. The molecule has 2 rings (SSSR count). The van der Waals surface area contributed by atoms with Gasteiger partial charge in [-0.2, -0.15) is 0 Å². The number of benzene rings is 1. The lowest BCUT2D eigenvalue weighted by Gasteiger charge is -2.23. The quantitative estimate of drug-likeness (QED) is 0.824. The summed E-state index contributed by atoms with van der Waals surface area (Å²) in [5.74, 6) is 0.729. The third-order valence-electron chi connectivity index (χ3n) is 2.56. The van der Waals surface area contributed by atoms with Gasteiger partial charge in [-0.15, -0.1) is 0 Å². The van der Waals surface area contributed by atoms with Crippen molar-refractivity contribution in [2.24, 2.45) is 0 Å². The average Bonchev–Trinajstić information content (AvgIpc) is 2.78. The Kier molecular flexibility index (Phi) is 3.85. The topological polar surface area (TPSA) is 41.9 Å². The number of rotatable bonds is 2. The average molecular weight is 273 g/mol. The molecule has 0 atom stereocenters. The molecule has 1 radical (unpaired) electrons. The van der Waals surface area contributed by atoms with Crippen LogP contribution in [-0.2, 0) is 5.54 Å². The third kappa shape index (κ3) is 3.54. The van der Waals surface area contributed by atoms with Crippen LogP contribution in [0.3, 0.4) is 0 Å². The maximum atomic E-state index is 5.28. The van der Waals surface area contributed by atoms with Gasteiger partial charge in [0.05, 0.1) is 0 Å². The largest absolute Gasteiger partial charge is 0.332 e. The van der Waals surface area contributed by atoms with Crippen LogP contribution in [0.1, 0.15) is 20.8 Å². The molecule has 0 fully saturated rings. The molecule has 2 aromatic rings. The molecule has 19 heavy (non-hydrogen) atoms. The van der Waals surface area contributed by atoms with Gasteiger partial charge < -0.3 is 15.2 Å². The van der Waals surface area contributed by atoms with E-state index in [0.717, 1.165) is 11.6 Å². The van der Waals surface area contributed by atoms with Crippen LogP contribution in [0, 0.1) is 6.07 Å². The maximum absolute atomic E-state index is 5.28. The fourth-order valence-corrected chi connectivity index (χ4v) is 1.88. The van der Waals surface area contributed by atoms with Crippen molar-refractivity contribution in [3.63, 3.8) is 0 Å². The fourth-order valence-electron chi connectivity index (χ4n) is 1.67. The van der Waals surface area contributed by atoms with Gasteiger partial charge in [-0.1, -0.05) is 12.1 Å². The highest BCUT2D eigenvalue weighted by Gasteiger charge is 2.17. The highest BCUT2D eigenvalue weighted by molar-refractivity contribution is 7.80. The number of thiocarbonyl (C=S) groups is 1. The van der Waals surface area contributed by atoms with Gasteiger partial charge in [0.25, 0.3) is 0 Å². The van der Waals surface area contributed by atoms with Crippen molar-refractivity contribution in [3.05, 3.63) is 42.7 Å². The van der Waals surface area contributed by atoms with Crippen LogP contribution in [0.2, 0.25) is 0 Å². The number of aromatic nitrogens is 2. The number of hydrogen-bond acceptors (Lipinski definition) is 2. The van der Waals surface area contributed by atoms with E-state index in [1.807, 2.05) is 35.0 Å². The van der Waals surface area contributed by atoms with Crippen LogP contribution >= 0.6 is 12.2 Å². The molecule has 1 heterocycles. The summed E-state index contributed by atoms with van der Waals surface area (Å²) < 4.78 is 2.04. The van der Waals surface area contributed by atoms with E-state index < -0.39 is 0 Å². The van der Waals surface area contributed by atoms with E-state index >= 15 is 0 Å². The summed E-state index contributed by atoms with van der Waals surface area (Å²) in [5, 5.41) is 6.73. The first-order chi connectivity index (χ1) is 8.97. The van der Waals surface area contributed by atoms with Gasteiger partial charge in [0, 0.05) is 23.6 Å². The van der Waals surface area contributed by atoms with Crippen LogP contribution in [0.5, 0.6) is 0 Å². The number of imidazole rings is 1. The van der Waals surface area contributed by atoms with Gasteiger partial charge in [0.2, 0.25) is 5.95 Å². The standard InChI is InChI=1S/C14H17N4S/c1-14(2,3)18-10-9-15-12(18)17-13(19)16-11-7-5-4-6-8-11/h5-10H,1-3H3,(H2,15,16,17,19). The predicted molar refractivity (Wildman–Crippen MR) is 82.3 cm³/mol. The maximum Gasteiger partial charge on any atom is 0.209 e. The normalized spacial score (nSPS) is 11.1. The molecule has 0 spiro atoms. The Morgan fingerprint density at radius 2 is 1.95 bits per heavy atom. The summed E-state index contributed by atoms with van der Waals surface area (Å²) in [5.41, 5.74) is 0.876.